The van der Waals surface area contributed by atoms with Gasteiger partial charge in [0.25, 0.3) is 5.91 Å². The van der Waals surface area contributed by atoms with Crippen LogP contribution in [0.1, 0.15) is 38.6 Å². The number of rotatable bonds is 3. The summed E-state index contributed by atoms with van der Waals surface area (Å²) >= 11 is 1.44. The van der Waals surface area contributed by atoms with Gasteiger partial charge in [0.15, 0.2) is 0 Å². The molecule has 0 saturated carbocycles. The highest BCUT2D eigenvalue weighted by Crippen LogP contribution is 2.25. The van der Waals surface area contributed by atoms with Crippen LogP contribution in [0.3, 0.4) is 0 Å². The molecule has 2 heterocycles. The summed E-state index contributed by atoms with van der Waals surface area (Å²) in [6.07, 6.45) is 2.28. The number of aromatic nitrogens is 2. The zero-order valence-electron chi connectivity index (χ0n) is 11.0. The fraction of sp³-hybridized carbons (Fsp3) is 0.750. The van der Waals surface area contributed by atoms with Crippen LogP contribution in [0.15, 0.2) is 0 Å². The van der Waals surface area contributed by atoms with Crippen LogP contribution in [-0.2, 0) is 16.0 Å². The topological polar surface area (TPSA) is 64.1 Å². The van der Waals surface area contributed by atoms with E-state index in [-0.39, 0.29) is 17.4 Å². The molecular formula is C12H19N3O2S. The first kappa shape index (κ1) is 13.4. The molecule has 1 aliphatic rings. The van der Waals surface area contributed by atoms with Crippen molar-refractivity contribution in [1.82, 2.24) is 10.2 Å². The van der Waals surface area contributed by atoms with Crippen LogP contribution in [0.4, 0.5) is 5.13 Å². The van der Waals surface area contributed by atoms with Crippen LogP contribution >= 0.6 is 11.3 Å². The first-order valence-electron chi connectivity index (χ1n) is 6.19. The normalized spacial score (nSPS) is 20.1. The van der Waals surface area contributed by atoms with Crippen molar-refractivity contribution in [3.8, 4) is 0 Å². The van der Waals surface area contributed by atoms with Gasteiger partial charge in [0.2, 0.25) is 5.13 Å². The quantitative estimate of drug-likeness (QED) is 0.914. The molecular weight excluding hydrogens is 250 g/mol. The standard InChI is InChI=1S/C12H19N3O2S/c1-12(2,3)7-9-14-15-11(18-9)13-10(16)8-5-4-6-17-8/h8H,4-7H2,1-3H3,(H,13,15,16)/t8-/m0/s1. The lowest BCUT2D eigenvalue weighted by atomic mass is 9.93. The van der Waals surface area contributed by atoms with Gasteiger partial charge in [0.1, 0.15) is 11.1 Å². The summed E-state index contributed by atoms with van der Waals surface area (Å²) in [5, 5.41) is 12.4. The molecule has 0 bridgehead atoms. The third-order valence-corrected chi connectivity index (χ3v) is 3.44. The molecule has 1 saturated heterocycles. The van der Waals surface area contributed by atoms with Gasteiger partial charge >= 0.3 is 0 Å². The van der Waals surface area contributed by atoms with Crippen LogP contribution in [-0.4, -0.2) is 28.8 Å². The van der Waals surface area contributed by atoms with Crippen molar-refractivity contribution < 1.29 is 9.53 Å². The molecule has 1 aromatic heterocycles. The Morgan fingerprint density at radius 2 is 2.28 bits per heavy atom. The van der Waals surface area contributed by atoms with E-state index in [4.69, 9.17) is 4.74 Å². The Labute approximate surface area is 111 Å². The highest BCUT2D eigenvalue weighted by molar-refractivity contribution is 7.15. The fourth-order valence-electron chi connectivity index (χ4n) is 1.80. The molecule has 6 heteroatoms. The largest absolute Gasteiger partial charge is 0.368 e. The molecule has 0 aromatic carbocycles. The lowest BCUT2D eigenvalue weighted by Crippen LogP contribution is -2.26. The summed E-state index contributed by atoms with van der Waals surface area (Å²) in [5.41, 5.74) is 0.176. The zero-order chi connectivity index (χ0) is 13.2. The maximum Gasteiger partial charge on any atom is 0.255 e. The smallest absolute Gasteiger partial charge is 0.255 e. The van der Waals surface area contributed by atoms with Gasteiger partial charge in [-0.25, -0.2) is 0 Å². The summed E-state index contributed by atoms with van der Waals surface area (Å²) in [7, 11) is 0. The molecule has 2 rings (SSSR count). The molecule has 1 atom stereocenters. The van der Waals surface area contributed by atoms with Crippen molar-refractivity contribution in [2.75, 3.05) is 11.9 Å². The fourth-order valence-corrected chi connectivity index (χ4v) is 2.84. The van der Waals surface area contributed by atoms with Crippen molar-refractivity contribution in [2.24, 2.45) is 5.41 Å². The second-order valence-electron chi connectivity index (χ2n) is 5.73. The molecule has 1 aliphatic heterocycles. The third-order valence-electron chi connectivity index (χ3n) is 2.60. The lowest BCUT2D eigenvalue weighted by molar-refractivity contribution is -0.124. The minimum absolute atomic E-state index is 0.106. The Bertz CT molecular complexity index is 419. The Morgan fingerprint density at radius 3 is 2.89 bits per heavy atom. The van der Waals surface area contributed by atoms with Crippen molar-refractivity contribution in [1.29, 1.82) is 0 Å². The molecule has 1 N–H and O–H groups in total. The van der Waals surface area contributed by atoms with E-state index in [2.05, 4.69) is 36.3 Å². The molecule has 18 heavy (non-hydrogen) atoms. The summed E-state index contributed by atoms with van der Waals surface area (Å²) in [5.74, 6) is -0.106. The number of hydrogen-bond acceptors (Lipinski definition) is 5. The van der Waals surface area contributed by atoms with Gasteiger partial charge in [-0.2, -0.15) is 0 Å². The molecule has 1 amide bonds. The van der Waals surface area contributed by atoms with E-state index >= 15 is 0 Å². The first-order valence-corrected chi connectivity index (χ1v) is 7.00. The molecule has 0 spiro atoms. The number of ether oxygens (including phenoxy) is 1. The Balaban J connectivity index is 1.92. The number of amides is 1. The Hall–Kier alpha value is -1.01. The van der Waals surface area contributed by atoms with Gasteiger partial charge in [-0.15, -0.1) is 10.2 Å². The van der Waals surface area contributed by atoms with Crippen LogP contribution in [0.5, 0.6) is 0 Å². The Morgan fingerprint density at radius 1 is 1.50 bits per heavy atom. The van der Waals surface area contributed by atoms with E-state index in [0.717, 1.165) is 24.3 Å². The SMILES string of the molecule is CC(C)(C)Cc1nnc(NC(=O)[C@@H]2CCCO2)s1. The molecule has 100 valence electrons. The molecule has 0 aliphatic carbocycles. The molecule has 0 unspecified atom stereocenters. The summed E-state index contributed by atoms with van der Waals surface area (Å²) < 4.78 is 5.32. The van der Waals surface area contributed by atoms with E-state index in [1.54, 1.807) is 0 Å². The monoisotopic (exact) mass is 269 g/mol. The maximum atomic E-state index is 11.8. The first-order chi connectivity index (χ1) is 8.44. The summed E-state index contributed by atoms with van der Waals surface area (Å²) in [4.78, 5) is 11.8. The third kappa shape index (κ3) is 3.74. The highest BCUT2D eigenvalue weighted by Gasteiger charge is 2.24. The molecule has 5 nitrogen and oxygen atoms in total. The van der Waals surface area contributed by atoms with Crippen LogP contribution < -0.4 is 5.32 Å². The van der Waals surface area contributed by atoms with Crippen LogP contribution in [0.25, 0.3) is 0 Å². The van der Waals surface area contributed by atoms with Crippen molar-refractivity contribution in [3.05, 3.63) is 5.01 Å². The van der Waals surface area contributed by atoms with Crippen molar-refractivity contribution in [2.45, 2.75) is 46.1 Å². The van der Waals surface area contributed by atoms with Gasteiger partial charge in [-0.3, -0.25) is 10.1 Å². The lowest BCUT2D eigenvalue weighted by Gasteiger charge is -2.14. The average Bonchev–Trinajstić information content (AvgIpc) is 2.86. The van der Waals surface area contributed by atoms with E-state index in [0.29, 0.717) is 11.7 Å². The van der Waals surface area contributed by atoms with Crippen molar-refractivity contribution >= 4 is 22.4 Å². The van der Waals surface area contributed by atoms with Gasteiger partial charge in [0, 0.05) is 13.0 Å². The number of hydrogen-bond donors (Lipinski definition) is 1. The second kappa shape index (κ2) is 5.32. The average molecular weight is 269 g/mol. The van der Waals surface area contributed by atoms with Gasteiger partial charge in [0.05, 0.1) is 0 Å². The van der Waals surface area contributed by atoms with Crippen LogP contribution in [0, 0.1) is 5.41 Å². The predicted molar refractivity (Wildman–Crippen MR) is 70.7 cm³/mol. The van der Waals surface area contributed by atoms with E-state index in [1.165, 1.54) is 11.3 Å². The minimum atomic E-state index is -0.319. The summed E-state index contributed by atoms with van der Waals surface area (Å²) in [6, 6.07) is 0. The van der Waals surface area contributed by atoms with E-state index in [1.807, 2.05) is 0 Å². The zero-order valence-corrected chi connectivity index (χ0v) is 11.8. The van der Waals surface area contributed by atoms with E-state index in [9.17, 15) is 4.79 Å². The number of nitrogens with zero attached hydrogens (tertiary/aromatic N) is 2. The predicted octanol–water partition coefficient (Wildman–Crippen LogP) is 2.24. The van der Waals surface area contributed by atoms with E-state index < -0.39 is 0 Å². The Kier molecular flexibility index (Phi) is 3.97. The number of anilines is 1. The molecule has 1 fully saturated rings. The minimum Gasteiger partial charge on any atom is -0.368 e. The number of carbonyl (C=O) groups is 1. The van der Waals surface area contributed by atoms with Crippen LogP contribution in [0.2, 0.25) is 0 Å². The molecule has 0 radical (unpaired) electrons. The van der Waals surface area contributed by atoms with Gasteiger partial charge in [-0.1, -0.05) is 32.1 Å². The highest BCUT2D eigenvalue weighted by atomic mass is 32.1. The van der Waals surface area contributed by atoms with Crippen molar-refractivity contribution in [3.63, 3.8) is 0 Å². The van der Waals surface area contributed by atoms with Gasteiger partial charge in [-0.05, 0) is 18.3 Å². The summed E-state index contributed by atoms with van der Waals surface area (Å²) in [6.45, 7) is 7.13. The maximum absolute atomic E-state index is 11.8. The van der Waals surface area contributed by atoms with Gasteiger partial charge < -0.3 is 4.74 Å². The number of carbonyl (C=O) groups excluding carboxylic acids is 1. The number of nitrogens with one attached hydrogen (secondary N) is 1. The molecule has 1 aromatic rings. The second-order valence-corrected chi connectivity index (χ2v) is 6.79.